The van der Waals surface area contributed by atoms with Gasteiger partial charge >= 0.3 is 5.97 Å². The van der Waals surface area contributed by atoms with E-state index in [2.05, 4.69) is 4.72 Å². The van der Waals surface area contributed by atoms with Gasteiger partial charge in [-0.25, -0.2) is 13.1 Å². The average molecular weight is 383 g/mol. The van der Waals surface area contributed by atoms with Gasteiger partial charge in [0.25, 0.3) is 0 Å². The summed E-state index contributed by atoms with van der Waals surface area (Å²) in [5, 5.41) is 1.81. The maximum atomic E-state index is 12.4. The molecule has 0 aromatic heterocycles. The smallest absolute Gasteiger partial charge is 0.307 e. The molecule has 0 aliphatic heterocycles. The molecule has 0 aliphatic rings. The first kappa shape index (κ1) is 19.1. The Labute approximate surface area is 159 Å². The van der Waals surface area contributed by atoms with Crippen LogP contribution in [0.2, 0.25) is 0 Å². The summed E-state index contributed by atoms with van der Waals surface area (Å²) in [6.07, 6.45) is -0.0291. The van der Waals surface area contributed by atoms with E-state index in [0.29, 0.717) is 0 Å². The number of fused-ring (bicyclic) bond motifs is 1. The van der Waals surface area contributed by atoms with Crippen LogP contribution in [0.3, 0.4) is 0 Å². The molecular formula is C21H21NO4S. The zero-order chi connectivity index (χ0) is 19.3. The molecule has 1 N–H and O–H groups in total. The highest BCUT2D eigenvalue weighted by molar-refractivity contribution is 7.89. The van der Waals surface area contributed by atoms with E-state index in [-0.39, 0.29) is 24.5 Å². The van der Waals surface area contributed by atoms with Gasteiger partial charge in [-0.05, 0) is 35.4 Å². The van der Waals surface area contributed by atoms with Gasteiger partial charge in [-0.1, -0.05) is 60.2 Å². The van der Waals surface area contributed by atoms with E-state index in [1.54, 1.807) is 18.2 Å². The molecule has 0 heterocycles. The Hall–Kier alpha value is -2.70. The normalized spacial score (nSPS) is 11.4. The second-order valence-corrected chi connectivity index (χ2v) is 8.07. The Kier molecular flexibility index (Phi) is 5.88. The van der Waals surface area contributed by atoms with Crippen molar-refractivity contribution in [3.63, 3.8) is 0 Å². The summed E-state index contributed by atoms with van der Waals surface area (Å²) >= 11 is 0. The number of carbonyl (C=O) groups is 1. The second-order valence-electron chi connectivity index (χ2n) is 6.31. The number of ether oxygens (including phenoxy) is 1. The van der Waals surface area contributed by atoms with Crippen LogP contribution in [-0.2, 0) is 26.2 Å². The summed E-state index contributed by atoms with van der Waals surface area (Å²) in [5.41, 5.74) is 1.99. The fraction of sp³-hybridized carbons (Fsp3) is 0.190. The Morgan fingerprint density at radius 1 is 0.963 bits per heavy atom. The Bertz CT molecular complexity index is 1060. The van der Waals surface area contributed by atoms with Crippen LogP contribution < -0.4 is 4.72 Å². The highest BCUT2D eigenvalue weighted by Gasteiger charge is 2.15. The topological polar surface area (TPSA) is 72.5 Å². The minimum atomic E-state index is -3.68. The molecule has 3 aromatic rings. The summed E-state index contributed by atoms with van der Waals surface area (Å²) in [6.45, 7) is 2.13. The summed E-state index contributed by atoms with van der Waals surface area (Å²) in [7, 11) is -3.68. The number of nitrogens with one attached hydrogen (secondary N) is 1. The first-order valence-electron chi connectivity index (χ1n) is 8.64. The number of carbonyl (C=O) groups excluding carboxylic acids is 1. The van der Waals surface area contributed by atoms with Crippen molar-refractivity contribution in [1.29, 1.82) is 0 Å². The summed E-state index contributed by atoms with van der Waals surface area (Å²) in [6, 6.07) is 20.2. The van der Waals surface area contributed by atoms with E-state index in [1.807, 2.05) is 55.5 Å². The van der Waals surface area contributed by atoms with Gasteiger partial charge in [0.05, 0.1) is 11.3 Å². The molecule has 140 valence electrons. The molecule has 0 unspecified atom stereocenters. The largest absolute Gasteiger partial charge is 0.461 e. The molecule has 5 nitrogen and oxygen atoms in total. The molecule has 0 atom stereocenters. The van der Waals surface area contributed by atoms with Crippen LogP contribution >= 0.6 is 0 Å². The van der Waals surface area contributed by atoms with Crippen molar-refractivity contribution >= 4 is 26.8 Å². The van der Waals surface area contributed by atoms with Crippen molar-refractivity contribution in [1.82, 2.24) is 4.72 Å². The lowest BCUT2D eigenvalue weighted by molar-refractivity contribution is -0.144. The van der Waals surface area contributed by atoms with E-state index in [0.717, 1.165) is 21.9 Å². The number of esters is 1. The van der Waals surface area contributed by atoms with Crippen molar-refractivity contribution in [2.75, 3.05) is 6.54 Å². The zero-order valence-corrected chi connectivity index (χ0v) is 15.8. The van der Waals surface area contributed by atoms with Crippen molar-refractivity contribution in [2.24, 2.45) is 0 Å². The third-order valence-corrected chi connectivity index (χ3v) is 5.59. The molecule has 0 saturated carbocycles. The lowest BCUT2D eigenvalue weighted by Gasteiger charge is -2.08. The van der Waals surface area contributed by atoms with E-state index < -0.39 is 16.0 Å². The van der Waals surface area contributed by atoms with Crippen LogP contribution in [0.25, 0.3) is 10.8 Å². The highest BCUT2D eigenvalue weighted by Crippen LogP contribution is 2.18. The molecule has 0 bridgehead atoms. The number of sulfonamides is 1. The maximum Gasteiger partial charge on any atom is 0.307 e. The van der Waals surface area contributed by atoms with E-state index in [9.17, 15) is 13.2 Å². The molecule has 0 radical (unpaired) electrons. The van der Waals surface area contributed by atoms with Crippen LogP contribution in [0.4, 0.5) is 0 Å². The monoisotopic (exact) mass is 383 g/mol. The molecule has 0 fully saturated rings. The molecule has 0 amide bonds. The van der Waals surface area contributed by atoms with Crippen LogP contribution in [0.15, 0.2) is 71.6 Å². The fourth-order valence-electron chi connectivity index (χ4n) is 2.74. The number of aryl methyl sites for hydroxylation is 1. The van der Waals surface area contributed by atoms with Gasteiger partial charge in [0.2, 0.25) is 10.0 Å². The van der Waals surface area contributed by atoms with E-state index in [4.69, 9.17) is 4.74 Å². The fourth-order valence-corrected chi connectivity index (χ4v) is 3.81. The van der Waals surface area contributed by atoms with Crippen LogP contribution in [0.5, 0.6) is 0 Å². The third kappa shape index (κ3) is 5.15. The standard InChI is InChI=1S/C21H21NO4S/c1-16-5-4-6-17(13-16)15-26-21(23)11-12-22-27(24,25)20-10-9-18-7-2-3-8-19(18)14-20/h2-10,13-14,22H,11-12,15H2,1H3. The molecule has 27 heavy (non-hydrogen) atoms. The van der Waals surface area contributed by atoms with Gasteiger partial charge in [-0.15, -0.1) is 0 Å². The molecule has 3 rings (SSSR count). The third-order valence-electron chi connectivity index (χ3n) is 4.13. The summed E-state index contributed by atoms with van der Waals surface area (Å²) in [4.78, 5) is 12.0. The van der Waals surface area contributed by atoms with Crippen LogP contribution in [0, 0.1) is 6.92 Å². The van der Waals surface area contributed by atoms with Gasteiger partial charge in [0.15, 0.2) is 0 Å². The summed E-state index contributed by atoms with van der Waals surface area (Å²) in [5.74, 6) is -0.447. The minimum absolute atomic E-state index is 0.0121. The quantitative estimate of drug-likeness (QED) is 0.633. The Balaban J connectivity index is 1.53. The van der Waals surface area contributed by atoms with Gasteiger partial charge in [-0.3, -0.25) is 4.79 Å². The van der Waals surface area contributed by atoms with E-state index in [1.165, 1.54) is 0 Å². The van der Waals surface area contributed by atoms with Gasteiger partial charge in [-0.2, -0.15) is 0 Å². The molecule has 0 spiro atoms. The molecule has 6 heteroatoms. The number of rotatable bonds is 7. The van der Waals surface area contributed by atoms with Crippen molar-refractivity contribution < 1.29 is 17.9 Å². The molecule has 0 aliphatic carbocycles. The first-order chi connectivity index (χ1) is 12.9. The predicted molar refractivity (Wildman–Crippen MR) is 105 cm³/mol. The predicted octanol–water partition coefficient (Wildman–Crippen LogP) is 3.56. The van der Waals surface area contributed by atoms with Gasteiger partial charge < -0.3 is 4.74 Å². The van der Waals surface area contributed by atoms with Gasteiger partial charge in [0, 0.05) is 6.54 Å². The Morgan fingerprint density at radius 3 is 2.52 bits per heavy atom. The minimum Gasteiger partial charge on any atom is -0.461 e. The van der Waals surface area contributed by atoms with Crippen molar-refractivity contribution in [2.45, 2.75) is 24.8 Å². The van der Waals surface area contributed by atoms with E-state index >= 15 is 0 Å². The lowest BCUT2D eigenvalue weighted by Crippen LogP contribution is -2.26. The maximum absolute atomic E-state index is 12.4. The number of benzene rings is 3. The average Bonchev–Trinajstić information content (AvgIpc) is 2.66. The van der Waals surface area contributed by atoms with Crippen molar-refractivity contribution in [3.8, 4) is 0 Å². The van der Waals surface area contributed by atoms with Crippen LogP contribution in [0.1, 0.15) is 17.5 Å². The zero-order valence-electron chi connectivity index (χ0n) is 15.0. The van der Waals surface area contributed by atoms with Gasteiger partial charge in [0.1, 0.15) is 6.61 Å². The first-order valence-corrected chi connectivity index (χ1v) is 10.1. The molecular weight excluding hydrogens is 362 g/mol. The highest BCUT2D eigenvalue weighted by atomic mass is 32.2. The molecule has 3 aromatic carbocycles. The van der Waals surface area contributed by atoms with Crippen molar-refractivity contribution in [3.05, 3.63) is 77.9 Å². The number of hydrogen-bond acceptors (Lipinski definition) is 4. The summed E-state index contributed by atoms with van der Waals surface area (Å²) < 4.78 is 32.5. The Morgan fingerprint density at radius 2 is 1.74 bits per heavy atom. The number of hydrogen-bond donors (Lipinski definition) is 1. The molecule has 0 saturated heterocycles. The lowest BCUT2D eigenvalue weighted by atomic mass is 10.1. The van der Waals surface area contributed by atoms with Crippen LogP contribution in [-0.4, -0.2) is 20.9 Å². The second kappa shape index (κ2) is 8.33. The SMILES string of the molecule is Cc1cccc(COC(=O)CCNS(=O)(=O)c2ccc3ccccc3c2)c1.